The number of ether oxygens (including phenoxy) is 1. The molecule has 4 rings (SSSR count). The molecule has 0 saturated heterocycles. The molecule has 0 radical (unpaired) electrons. The lowest BCUT2D eigenvalue weighted by Crippen LogP contribution is -2.29. The van der Waals surface area contributed by atoms with Gasteiger partial charge in [-0.2, -0.15) is 8.42 Å². The van der Waals surface area contributed by atoms with Crippen LogP contribution in [0.15, 0.2) is 46.8 Å². The Morgan fingerprint density at radius 1 is 1.19 bits per heavy atom. The molecule has 36 heavy (non-hydrogen) atoms. The molecule has 0 unspecified atom stereocenters. The predicted octanol–water partition coefficient (Wildman–Crippen LogP) is 5.84. The van der Waals surface area contributed by atoms with Gasteiger partial charge >= 0.3 is 5.97 Å². The van der Waals surface area contributed by atoms with Crippen LogP contribution in [0.3, 0.4) is 0 Å². The van der Waals surface area contributed by atoms with Gasteiger partial charge in [0.25, 0.3) is 10.0 Å². The van der Waals surface area contributed by atoms with Crippen molar-refractivity contribution >= 4 is 38.7 Å². The van der Waals surface area contributed by atoms with Gasteiger partial charge in [-0.15, -0.1) is 11.3 Å². The number of carboxylic acid groups (broad SMARTS) is 1. The van der Waals surface area contributed by atoms with Crippen LogP contribution in [0.5, 0.6) is 5.75 Å². The zero-order valence-corrected chi connectivity index (χ0v) is 21.8. The van der Waals surface area contributed by atoms with Gasteiger partial charge in [0.2, 0.25) is 0 Å². The second kappa shape index (κ2) is 10.1. The van der Waals surface area contributed by atoms with Crippen LogP contribution in [0.1, 0.15) is 49.9 Å². The Hall–Kier alpha value is -3.18. The number of aromatic carboxylic acids is 1. The number of nitrogens with one attached hydrogen (secondary N) is 2. The molecule has 1 heterocycles. The van der Waals surface area contributed by atoms with Crippen molar-refractivity contribution in [3.05, 3.63) is 53.2 Å². The van der Waals surface area contributed by atoms with Gasteiger partial charge in [0.1, 0.15) is 16.6 Å². The molecule has 192 valence electrons. The van der Waals surface area contributed by atoms with E-state index in [4.69, 9.17) is 9.84 Å². The van der Waals surface area contributed by atoms with Gasteiger partial charge < -0.3 is 15.2 Å². The smallest absolute Gasteiger partial charge is 0.338 e. The van der Waals surface area contributed by atoms with E-state index in [2.05, 4.69) is 28.9 Å². The number of anilines is 2. The lowest BCUT2D eigenvalue weighted by atomic mass is 9.75. The van der Waals surface area contributed by atoms with Crippen molar-refractivity contribution in [2.75, 3.05) is 17.1 Å². The number of benzene rings is 2. The molecule has 1 aromatic heterocycles. The van der Waals surface area contributed by atoms with E-state index in [1.165, 1.54) is 36.7 Å². The summed E-state index contributed by atoms with van der Waals surface area (Å²) in [7, 11) is -2.95. The maximum absolute atomic E-state index is 14.1. The number of nitrogens with zero attached hydrogens (tertiary/aromatic N) is 1. The summed E-state index contributed by atoms with van der Waals surface area (Å²) in [5, 5.41) is 14.3. The van der Waals surface area contributed by atoms with Gasteiger partial charge in [-0.25, -0.2) is 14.2 Å². The Balaban J connectivity index is 1.47. The molecule has 2 aromatic carbocycles. The maximum Gasteiger partial charge on any atom is 0.338 e. The maximum atomic E-state index is 14.1. The molecule has 1 aliphatic carbocycles. The average Bonchev–Trinajstić information content (AvgIpc) is 3.32. The standard InChI is InChI=1S/C25H28FN3O5S2/c1-25(2)10-8-17(9-11-25)27-16-6-4-15(5-7-16)23-28-22(14-35-23)36(32,33)29-20-13-19(26)18(24(30)31)12-21(20)34-3/h4-7,12-14,17,27,29H,8-11H2,1-3H3,(H,30,31). The minimum Gasteiger partial charge on any atom is -0.495 e. The molecule has 0 amide bonds. The summed E-state index contributed by atoms with van der Waals surface area (Å²) >= 11 is 1.17. The zero-order chi connectivity index (χ0) is 26.1. The Bertz CT molecular complexity index is 1360. The van der Waals surface area contributed by atoms with E-state index < -0.39 is 27.4 Å². The number of carbonyl (C=O) groups is 1. The Kier molecular flexibility index (Phi) is 7.24. The molecule has 3 aromatic rings. The third kappa shape index (κ3) is 5.79. The normalized spacial score (nSPS) is 15.9. The quantitative estimate of drug-likeness (QED) is 0.333. The van der Waals surface area contributed by atoms with Gasteiger partial charge in [-0.3, -0.25) is 4.72 Å². The highest BCUT2D eigenvalue weighted by molar-refractivity contribution is 7.92. The first-order chi connectivity index (χ1) is 17.0. The van der Waals surface area contributed by atoms with Crippen molar-refractivity contribution in [3.63, 3.8) is 0 Å². The average molecular weight is 534 g/mol. The predicted molar refractivity (Wildman–Crippen MR) is 138 cm³/mol. The van der Waals surface area contributed by atoms with E-state index >= 15 is 0 Å². The fourth-order valence-corrected chi connectivity index (χ4v) is 6.33. The molecule has 3 N–H and O–H groups in total. The molecule has 0 atom stereocenters. The van der Waals surface area contributed by atoms with E-state index in [0.29, 0.717) is 16.5 Å². The summed E-state index contributed by atoms with van der Waals surface area (Å²) in [5.41, 5.74) is 1.33. The largest absolute Gasteiger partial charge is 0.495 e. The number of rotatable bonds is 8. The number of halogens is 1. The van der Waals surface area contributed by atoms with Crippen molar-refractivity contribution in [1.29, 1.82) is 0 Å². The molecule has 1 saturated carbocycles. The van der Waals surface area contributed by atoms with Crippen molar-refractivity contribution in [1.82, 2.24) is 4.98 Å². The van der Waals surface area contributed by atoms with Crippen LogP contribution in [0.2, 0.25) is 0 Å². The first-order valence-corrected chi connectivity index (χ1v) is 13.8. The fraction of sp³-hybridized carbons (Fsp3) is 0.360. The first kappa shape index (κ1) is 25.9. The number of aromatic nitrogens is 1. The van der Waals surface area contributed by atoms with E-state index in [1.807, 2.05) is 24.3 Å². The number of thiazole rings is 1. The van der Waals surface area contributed by atoms with Gasteiger partial charge in [-0.1, -0.05) is 13.8 Å². The van der Waals surface area contributed by atoms with E-state index in [0.717, 1.165) is 36.2 Å². The number of hydrogen-bond donors (Lipinski definition) is 3. The second-order valence-electron chi connectivity index (χ2n) is 9.59. The highest BCUT2D eigenvalue weighted by Crippen LogP contribution is 2.36. The fourth-order valence-electron chi connectivity index (χ4n) is 4.17. The molecule has 1 fully saturated rings. The van der Waals surface area contributed by atoms with Crippen LogP contribution in [0.4, 0.5) is 15.8 Å². The zero-order valence-electron chi connectivity index (χ0n) is 20.2. The molecule has 0 spiro atoms. The highest BCUT2D eigenvalue weighted by atomic mass is 32.2. The van der Waals surface area contributed by atoms with E-state index in [1.54, 1.807) is 0 Å². The topological polar surface area (TPSA) is 118 Å². The van der Waals surface area contributed by atoms with Gasteiger partial charge in [-0.05, 0) is 61.4 Å². The van der Waals surface area contributed by atoms with Crippen LogP contribution >= 0.6 is 11.3 Å². The molecule has 8 nitrogen and oxygen atoms in total. The Morgan fingerprint density at radius 2 is 1.86 bits per heavy atom. The minimum absolute atomic E-state index is 0.127. The summed E-state index contributed by atoms with van der Waals surface area (Å²) in [6.45, 7) is 4.61. The van der Waals surface area contributed by atoms with E-state index in [9.17, 15) is 17.6 Å². The summed E-state index contributed by atoms with van der Waals surface area (Å²) in [6.07, 6.45) is 4.64. The monoisotopic (exact) mass is 533 g/mol. The van der Waals surface area contributed by atoms with Crippen LogP contribution < -0.4 is 14.8 Å². The molecule has 0 aliphatic heterocycles. The number of carboxylic acids is 1. The molecule has 1 aliphatic rings. The number of hydrogen-bond acceptors (Lipinski definition) is 7. The van der Waals surface area contributed by atoms with Crippen LogP contribution in [-0.2, 0) is 10.0 Å². The van der Waals surface area contributed by atoms with Gasteiger partial charge in [0, 0.05) is 28.7 Å². The summed E-state index contributed by atoms with van der Waals surface area (Å²) < 4.78 is 47.2. The summed E-state index contributed by atoms with van der Waals surface area (Å²) in [5.74, 6) is -2.71. The summed E-state index contributed by atoms with van der Waals surface area (Å²) in [4.78, 5) is 15.4. The van der Waals surface area contributed by atoms with Crippen LogP contribution in [0, 0.1) is 11.2 Å². The van der Waals surface area contributed by atoms with Gasteiger partial charge in [0.15, 0.2) is 5.03 Å². The van der Waals surface area contributed by atoms with Crippen LogP contribution in [-0.4, -0.2) is 37.6 Å². The third-order valence-electron chi connectivity index (χ3n) is 6.36. The Morgan fingerprint density at radius 3 is 2.47 bits per heavy atom. The minimum atomic E-state index is -4.18. The molecule has 0 bridgehead atoms. The lowest BCUT2D eigenvalue weighted by molar-refractivity contribution is 0.0691. The molecular weight excluding hydrogens is 505 g/mol. The van der Waals surface area contributed by atoms with Crippen molar-refractivity contribution < 1.29 is 27.4 Å². The van der Waals surface area contributed by atoms with Gasteiger partial charge in [0.05, 0.1) is 18.4 Å². The summed E-state index contributed by atoms with van der Waals surface area (Å²) in [6, 6.07) is 9.83. The first-order valence-electron chi connectivity index (χ1n) is 11.4. The number of methoxy groups -OCH3 is 1. The highest BCUT2D eigenvalue weighted by Gasteiger charge is 2.27. The SMILES string of the molecule is COc1cc(C(=O)O)c(F)cc1NS(=O)(=O)c1csc(-c2ccc(NC3CCC(C)(C)CC3)cc2)n1. The molecular formula is C25H28FN3O5S2. The van der Waals surface area contributed by atoms with Crippen LogP contribution in [0.25, 0.3) is 10.6 Å². The number of sulfonamides is 1. The second-order valence-corrected chi connectivity index (χ2v) is 12.1. The van der Waals surface area contributed by atoms with Crippen molar-refractivity contribution in [2.45, 2.75) is 50.6 Å². The Labute approximate surface area is 213 Å². The third-order valence-corrected chi connectivity index (χ3v) is 8.65. The lowest BCUT2D eigenvalue weighted by Gasteiger charge is -2.35. The van der Waals surface area contributed by atoms with Crippen molar-refractivity contribution in [2.24, 2.45) is 5.41 Å². The molecule has 11 heteroatoms. The van der Waals surface area contributed by atoms with Crippen molar-refractivity contribution in [3.8, 4) is 16.3 Å². The van der Waals surface area contributed by atoms with E-state index in [-0.39, 0.29) is 16.5 Å².